The molecule has 0 aliphatic heterocycles. The van der Waals surface area contributed by atoms with Crippen LogP contribution >= 0.6 is 11.8 Å². The van der Waals surface area contributed by atoms with E-state index in [0.29, 0.717) is 23.5 Å². The molecule has 0 bridgehead atoms. The van der Waals surface area contributed by atoms with E-state index in [2.05, 4.69) is 37.7 Å². The van der Waals surface area contributed by atoms with Crippen molar-refractivity contribution < 1.29 is 4.79 Å². The van der Waals surface area contributed by atoms with Crippen molar-refractivity contribution in [3.05, 3.63) is 54.2 Å². The molecule has 3 rings (SSSR count). The molecule has 2 N–H and O–H groups in total. The average Bonchev–Trinajstić information content (AvgIpc) is 2.60. The largest absolute Gasteiger partial charge is 0.338 e. The Bertz CT molecular complexity index is 841. The van der Waals surface area contributed by atoms with Crippen LogP contribution < -0.4 is 10.6 Å². The van der Waals surface area contributed by atoms with E-state index in [1.165, 1.54) is 5.56 Å². The summed E-state index contributed by atoms with van der Waals surface area (Å²) in [6.45, 7) is 2.41. The lowest BCUT2D eigenvalue weighted by atomic mass is 10.2. The predicted octanol–water partition coefficient (Wildman–Crippen LogP) is 3.46. The van der Waals surface area contributed by atoms with E-state index in [1.54, 1.807) is 30.1 Å². The molecule has 0 saturated carbocycles. The maximum Gasteiger partial charge on any atom is 0.320 e. The van der Waals surface area contributed by atoms with Crippen LogP contribution in [0.4, 0.5) is 10.6 Å². The van der Waals surface area contributed by atoms with Crippen molar-refractivity contribution in [2.24, 2.45) is 0 Å². The van der Waals surface area contributed by atoms with Crippen LogP contribution in [0.3, 0.4) is 0 Å². The molecule has 0 fully saturated rings. The van der Waals surface area contributed by atoms with Gasteiger partial charge in [0.1, 0.15) is 16.4 Å². The molecule has 122 valence electrons. The number of rotatable bonds is 5. The number of hydrogen-bond donors (Lipinski definition) is 2. The summed E-state index contributed by atoms with van der Waals surface area (Å²) in [4.78, 5) is 24.8. The number of nitrogens with zero attached hydrogens (tertiary/aromatic N) is 3. The molecule has 2 heterocycles. The first-order chi connectivity index (χ1) is 11.7. The number of nitrogens with one attached hydrogen (secondary N) is 2. The summed E-state index contributed by atoms with van der Waals surface area (Å²) in [5.74, 6) is 1.27. The standard InChI is InChI=1S/C17H17N5OS/c1-2-18-17(23)21-14-9-8-13-16(20-14)22-15(10-19-13)24-11-12-6-4-3-5-7-12/h3-10H,2,11H2,1H3,(H2,18,20,21,22,23). The molecule has 7 heteroatoms. The quantitative estimate of drug-likeness (QED) is 0.696. The lowest BCUT2D eigenvalue weighted by Gasteiger charge is -2.06. The first-order valence-electron chi connectivity index (χ1n) is 7.60. The highest BCUT2D eigenvalue weighted by atomic mass is 32.2. The zero-order chi connectivity index (χ0) is 16.8. The molecule has 0 atom stereocenters. The summed E-state index contributed by atoms with van der Waals surface area (Å²) in [6, 6.07) is 13.4. The maximum absolute atomic E-state index is 11.6. The molecule has 0 radical (unpaired) electrons. The highest BCUT2D eigenvalue weighted by molar-refractivity contribution is 7.98. The van der Waals surface area contributed by atoms with Crippen molar-refractivity contribution in [2.45, 2.75) is 17.7 Å². The van der Waals surface area contributed by atoms with Crippen LogP contribution in [0.2, 0.25) is 0 Å². The van der Waals surface area contributed by atoms with Crippen molar-refractivity contribution in [2.75, 3.05) is 11.9 Å². The van der Waals surface area contributed by atoms with Crippen molar-refractivity contribution in [1.82, 2.24) is 20.3 Å². The summed E-state index contributed by atoms with van der Waals surface area (Å²) in [5, 5.41) is 6.14. The molecule has 1 aromatic carbocycles. The van der Waals surface area contributed by atoms with Crippen LogP contribution in [-0.4, -0.2) is 27.5 Å². The summed E-state index contributed by atoms with van der Waals surface area (Å²) in [7, 11) is 0. The van der Waals surface area contributed by atoms with E-state index in [1.807, 2.05) is 25.1 Å². The normalized spacial score (nSPS) is 10.5. The maximum atomic E-state index is 11.6. The summed E-state index contributed by atoms with van der Waals surface area (Å²) < 4.78 is 0. The number of carbonyl (C=O) groups excluding carboxylic acids is 1. The molecule has 2 amide bonds. The van der Waals surface area contributed by atoms with Gasteiger partial charge >= 0.3 is 6.03 Å². The summed E-state index contributed by atoms with van der Waals surface area (Å²) >= 11 is 1.60. The minimum atomic E-state index is -0.285. The van der Waals surface area contributed by atoms with Gasteiger partial charge < -0.3 is 5.32 Å². The second-order valence-corrected chi connectivity index (χ2v) is 6.00. The van der Waals surface area contributed by atoms with E-state index in [9.17, 15) is 4.79 Å². The molecular formula is C17H17N5OS. The number of hydrogen-bond acceptors (Lipinski definition) is 5. The Morgan fingerprint density at radius 1 is 1.12 bits per heavy atom. The zero-order valence-corrected chi connectivity index (χ0v) is 14.0. The molecule has 0 aliphatic carbocycles. The number of aromatic nitrogens is 3. The second-order valence-electron chi connectivity index (χ2n) is 5.01. The highest BCUT2D eigenvalue weighted by Gasteiger charge is 2.06. The summed E-state index contributed by atoms with van der Waals surface area (Å²) in [6.07, 6.45) is 1.74. The molecule has 6 nitrogen and oxygen atoms in total. The number of amides is 2. The van der Waals surface area contributed by atoms with E-state index in [0.717, 1.165) is 10.8 Å². The lowest BCUT2D eigenvalue weighted by molar-refractivity contribution is 0.252. The molecular weight excluding hydrogens is 322 g/mol. The van der Waals surface area contributed by atoms with Crippen molar-refractivity contribution in [3.8, 4) is 0 Å². The van der Waals surface area contributed by atoms with E-state index >= 15 is 0 Å². The van der Waals surface area contributed by atoms with Crippen molar-refractivity contribution >= 4 is 34.8 Å². The first kappa shape index (κ1) is 16.2. The fourth-order valence-corrected chi connectivity index (χ4v) is 2.86. The first-order valence-corrected chi connectivity index (χ1v) is 8.58. The number of anilines is 1. The number of carbonyl (C=O) groups is 1. The molecule has 0 aliphatic rings. The van der Waals surface area contributed by atoms with Gasteiger partial charge in [-0.3, -0.25) is 10.3 Å². The summed E-state index contributed by atoms with van der Waals surface area (Å²) in [5.41, 5.74) is 2.44. The average molecular weight is 339 g/mol. The number of pyridine rings is 1. The Hall–Kier alpha value is -2.67. The molecule has 0 spiro atoms. The molecule has 0 saturated heterocycles. The van der Waals surface area contributed by atoms with Gasteiger partial charge in [-0.2, -0.15) is 0 Å². The zero-order valence-electron chi connectivity index (χ0n) is 13.2. The number of fused-ring (bicyclic) bond motifs is 1. The fourth-order valence-electron chi connectivity index (χ4n) is 2.07. The van der Waals surface area contributed by atoms with E-state index < -0.39 is 0 Å². The van der Waals surface area contributed by atoms with Gasteiger partial charge in [0.05, 0.1) is 6.20 Å². The highest BCUT2D eigenvalue weighted by Crippen LogP contribution is 2.22. The molecule has 24 heavy (non-hydrogen) atoms. The minimum Gasteiger partial charge on any atom is -0.338 e. The Morgan fingerprint density at radius 3 is 2.75 bits per heavy atom. The monoisotopic (exact) mass is 339 g/mol. The van der Waals surface area contributed by atoms with Crippen LogP contribution in [0.25, 0.3) is 11.2 Å². The Labute approximate surface area is 144 Å². The van der Waals surface area contributed by atoms with Crippen molar-refractivity contribution in [1.29, 1.82) is 0 Å². The molecule has 3 aromatic rings. The van der Waals surface area contributed by atoms with Gasteiger partial charge in [-0.1, -0.05) is 30.3 Å². The van der Waals surface area contributed by atoms with Gasteiger partial charge in [-0.05, 0) is 24.6 Å². The van der Waals surface area contributed by atoms with Crippen LogP contribution in [0.1, 0.15) is 12.5 Å². The Morgan fingerprint density at radius 2 is 1.96 bits per heavy atom. The Kier molecular flexibility index (Phi) is 5.22. The van der Waals surface area contributed by atoms with Crippen molar-refractivity contribution in [3.63, 3.8) is 0 Å². The van der Waals surface area contributed by atoms with Crippen LogP contribution in [-0.2, 0) is 5.75 Å². The SMILES string of the molecule is CCNC(=O)Nc1ccc2ncc(SCc3ccccc3)nc2n1. The van der Waals surface area contributed by atoms with E-state index in [4.69, 9.17) is 0 Å². The van der Waals surface area contributed by atoms with Gasteiger partial charge in [0.15, 0.2) is 5.65 Å². The van der Waals surface area contributed by atoms with Gasteiger partial charge in [0.2, 0.25) is 0 Å². The van der Waals surface area contributed by atoms with Gasteiger partial charge in [-0.25, -0.2) is 14.8 Å². The lowest BCUT2D eigenvalue weighted by Crippen LogP contribution is -2.28. The third kappa shape index (κ3) is 4.20. The van der Waals surface area contributed by atoms with Gasteiger partial charge in [0.25, 0.3) is 0 Å². The second kappa shape index (κ2) is 7.74. The van der Waals surface area contributed by atoms with Gasteiger partial charge in [0, 0.05) is 12.3 Å². The van der Waals surface area contributed by atoms with Crippen LogP contribution in [0.5, 0.6) is 0 Å². The number of thioether (sulfide) groups is 1. The van der Waals surface area contributed by atoms with Gasteiger partial charge in [-0.15, -0.1) is 11.8 Å². The number of urea groups is 1. The molecule has 0 unspecified atom stereocenters. The number of benzene rings is 1. The fraction of sp³-hybridized carbons (Fsp3) is 0.176. The third-order valence-electron chi connectivity index (χ3n) is 3.19. The topological polar surface area (TPSA) is 79.8 Å². The minimum absolute atomic E-state index is 0.285. The smallest absolute Gasteiger partial charge is 0.320 e. The van der Waals surface area contributed by atoms with Crippen LogP contribution in [0.15, 0.2) is 53.7 Å². The van der Waals surface area contributed by atoms with Crippen LogP contribution in [0, 0.1) is 0 Å². The van der Waals surface area contributed by atoms with E-state index in [-0.39, 0.29) is 6.03 Å². The predicted molar refractivity (Wildman–Crippen MR) is 96.0 cm³/mol. The third-order valence-corrected chi connectivity index (χ3v) is 4.16. The Balaban J connectivity index is 1.74. The molecule has 2 aromatic heterocycles.